The Kier molecular flexibility index (Phi) is 6.34. The van der Waals surface area contributed by atoms with Crippen LogP contribution in [-0.4, -0.2) is 21.7 Å². The monoisotopic (exact) mass is 445 g/mol. The molecular formula is C21H21BrClN3O. The topological polar surface area (TPSA) is 46.9 Å². The van der Waals surface area contributed by atoms with Crippen LogP contribution in [0.2, 0.25) is 5.15 Å². The van der Waals surface area contributed by atoms with Crippen LogP contribution < -0.4 is 5.32 Å². The third-order valence-electron chi connectivity index (χ3n) is 4.39. The van der Waals surface area contributed by atoms with Crippen LogP contribution in [0.3, 0.4) is 0 Å². The number of rotatable bonds is 6. The van der Waals surface area contributed by atoms with Crippen molar-refractivity contribution in [3.05, 3.63) is 81.0 Å². The number of hydrogen-bond acceptors (Lipinski definition) is 2. The number of nitrogens with zero attached hydrogens (tertiary/aromatic N) is 2. The molecule has 0 fully saturated rings. The molecular weight excluding hydrogens is 426 g/mol. The Balaban J connectivity index is 1.67. The maximum Gasteiger partial charge on any atom is 0.256 e. The van der Waals surface area contributed by atoms with Crippen molar-refractivity contribution < 1.29 is 4.79 Å². The Bertz CT molecular complexity index is 923. The molecule has 0 radical (unpaired) electrons. The van der Waals surface area contributed by atoms with Gasteiger partial charge in [-0.15, -0.1) is 0 Å². The Morgan fingerprint density at radius 3 is 2.52 bits per heavy atom. The van der Waals surface area contributed by atoms with E-state index in [4.69, 9.17) is 11.6 Å². The lowest BCUT2D eigenvalue weighted by Crippen LogP contribution is -2.33. The quantitative estimate of drug-likeness (QED) is 0.555. The maximum atomic E-state index is 12.7. The number of aryl methyl sites for hydroxylation is 2. The van der Waals surface area contributed by atoms with E-state index in [1.165, 1.54) is 5.56 Å². The van der Waals surface area contributed by atoms with Crippen molar-refractivity contribution in [2.45, 2.75) is 32.7 Å². The van der Waals surface area contributed by atoms with Gasteiger partial charge in [-0.05, 0) is 56.5 Å². The Labute approximate surface area is 172 Å². The molecule has 0 spiro atoms. The van der Waals surface area contributed by atoms with Crippen LogP contribution >= 0.6 is 27.5 Å². The molecule has 6 heteroatoms. The second-order valence-corrected chi connectivity index (χ2v) is 7.81. The molecule has 1 N–H and O–H groups in total. The molecule has 1 heterocycles. The average molecular weight is 447 g/mol. The Hall–Kier alpha value is -2.11. The molecule has 0 unspecified atom stereocenters. The van der Waals surface area contributed by atoms with Crippen molar-refractivity contribution in [1.82, 2.24) is 15.1 Å². The standard InChI is InChI=1S/C21H21BrClN3O/c1-14(8-9-16-10-12-17(22)13-11-16)24-21(27)19-15(2)25-26(20(19)23)18-6-4-3-5-7-18/h3-7,10-14H,8-9H2,1-2H3,(H,24,27)/t14-/m1/s1. The van der Waals surface area contributed by atoms with Crippen molar-refractivity contribution in [3.63, 3.8) is 0 Å². The number of hydrogen-bond donors (Lipinski definition) is 1. The molecule has 4 nitrogen and oxygen atoms in total. The van der Waals surface area contributed by atoms with Gasteiger partial charge in [-0.3, -0.25) is 4.79 Å². The Morgan fingerprint density at radius 1 is 1.19 bits per heavy atom. The van der Waals surface area contributed by atoms with E-state index in [9.17, 15) is 4.79 Å². The summed E-state index contributed by atoms with van der Waals surface area (Å²) in [5, 5.41) is 7.80. The zero-order valence-electron chi connectivity index (χ0n) is 15.2. The first kappa shape index (κ1) is 19.6. The van der Waals surface area contributed by atoms with Gasteiger partial charge in [0, 0.05) is 10.5 Å². The summed E-state index contributed by atoms with van der Waals surface area (Å²) in [7, 11) is 0. The minimum absolute atomic E-state index is 0.0247. The van der Waals surface area contributed by atoms with Gasteiger partial charge in [0.2, 0.25) is 0 Å². The van der Waals surface area contributed by atoms with E-state index in [2.05, 4.69) is 38.5 Å². The van der Waals surface area contributed by atoms with E-state index in [1.54, 1.807) is 11.6 Å². The minimum atomic E-state index is -0.192. The lowest BCUT2D eigenvalue weighted by molar-refractivity contribution is 0.0938. The lowest BCUT2D eigenvalue weighted by Gasteiger charge is -2.14. The zero-order chi connectivity index (χ0) is 19.4. The van der Waals surface area contributed by atoms with E-state index in [0.717, 1.165) is 23.0 Å². The number of amides is 1. The molecule has 0 bridgehead atoms. The number of halogens is 2. The second-order valence-electron chi connectivity index (χ2n) is 6.54. The zero-order valence-corrected chi connectivity index (χ0v) is 17.6. The summed E-state index contributed by atoms with van der Waals surface area (Å²) in [5.41, 5.74) is 3.11. The first-order chi connectivity index (χ1) is 13.0. The summed E-state index contributed by atoms with van der Waals surface area (Å²) < 4.78 is 2.66. The molecule has 1 amide bonds. The number of para-hydroxylation sites is 1. The summed E-state index contributed by atoms with van der Waals surface area (Å²) in [6, 6.07) is 17.8. The summed E-state index contributed by atoms with van der Waals surface area (Å²) >= 11 is 9.90. The average Bonchev–Trinajstić information content (AvgIpc) is 2.96. The van der Waals surface area contributed by atoms with Crippen LogP contribution in [0, 0.1) is 6.92 Å². The van der Waals surface area contributed by atoms with Crippen LogP contribution in [0.4, 0.5) is 0 Å². The van der Waals surface area contributed by atoms with Crippen molar-refractivity contribution in [3.8, 4) is 5.69 Å². The molecule has 0 aliphatic heterocycles. The fraction of sp³-hybridized carbons (Fsp3) is 0.238. The highest BCUT2D eigenvalue weighted by Crippen LogP contribution is 2.23. The van der Waals surface area contributed by atoms with Gasteiger partial charge in [-0.2, -0.15) is 5.10 Å². The van der Waals surface area contributed by atoms with E-state index in [0.29, 0.717) is 16.4 Å². The van der Waals surface area contributed by atoms with Gasteiger partial charge in [-0.25, -0.2) is 4.68 Å². The lowest BCUT2D eigenvalue weighted by atomic mass is 10.1. The molecule has 0 saturated carbocycles. The highest BCUT2D eigenvalue weighted by Gasteiger charge is 2.22. The van der Waals surface area contributed by atoms with Crippen molar-refractivity contribution >= 4 is 33.4 Å². The SMILES string of the molecule is Cc1nn(-c2ccccc2)c(Cl)c1C(=O)N[C@H](C)CCc1ccc(Br)cc1. The molecule has 1 atom stereocenters. The highest BCUT2D eigenvalue weighted by atomic mass is 79.9. The first-order valence-electron chi connectivity index (χ1n) is 8.81. The molecule has 140 valence electrons. The van der Waals surface area contributed by atoms with E-state index >= 15 is 0 Å². The number of carbonyl (C=O) groups excluding carboxylic acids is 1. The number of aromatic nitrogens is 2. The third kappa shape index (κ3) is 4.79. The van der Waals surface area contributed by atoms with Gasteiger partial charge >= 0.3 is 0 Å². The number of benzene rings is 2. The van der Waals surface area contributed by atoms with Gasteiger partial charge in [0.25, 0.3) is 5.91 Å². The smallest absolute Gasteiger partial charge is 0.256 e. The van der Waals surface area contributed by atoms with Crippen LogP contribution in [-0.2, 0) is 6.42 Å². The third-order valence-corrected chi connectivity index (χ3v) is 5.27. The van der Waals surface area contributed by atoms with Crippen LogP contribution in [0.15, 0.2) is 59.1 Å². The van der Waals surface area contributed by atoms with Crippen LogP contribution in [0.25, 0.3) is 5.69 Å². The van der Waals surface area contributed by atoms with Gasteiger partial charge in [0.1, 0.15) is 5.15 Å². The van der Waals surface area contributed by atoms with Gasteiger partial charge in [0.15, 0.2) is 0 Å². The van der Waals surface area contributed by atoms with Crippen molar-refractivity contribution in [2.75, 3.05) is 0 Å². The largest absolute Gasteiger partial charge is 0.349 e. The molecule has 0 aliphatic rings. The molecule has 1 aromatic heterocycles. The summed E-state index contributed by atoms with van der Waals surface area (Å²) in [4.78, 5) is 12.7. The summed E-state index contributed by atoms with van der Waals surface area (Å²) in [6.45, 7) is 3.80. The summed E-state index contributed by atoms with van der Waals surface area (Å²) in [6.07, 6.45) is 1.74. The fourth-order valence-electron chi connectivity index (χ4n) is 2.90. The molecule has 3 aromatic rings. The van der Waals surface area contributed by atoms with E-state index < -0.39 is 0 Å². The second kappa shape index (κ2) is 8.72. The molecule has 0 aliphatic carbocycles. The van der Waals surface area contributed by atoms with Gasteiger partial charge < -0.3 is 5.32 Å². The molecule has 0 saturated heterocycles. The number of nitrogens with one attached hydrogen (secondary N) is 1. The molecule has 3 rings (SSSR count). The highest BCUT2D eigenvalue weighted by molar-refractivity contribution is 9.10. The fourth-order valence-corrected chi connectivity index (χ4v) is 3.52. The van der Waals surface area contributed by atoms with Gasteiger partial charge in [0.05, 0.1) is 16.9 Å². The number of carbonyl (C=O) groups is 1. The van der Waals surface area contributed by atoms with E-state index in [-0.39, 0.29) is 11.9 Å². The predicted molar refractivity (Wildman–Crippen MR) is 113 cm³/mol. The molecule has 27 heavy (non-hydrogen) atoms. The first-order valence-corrected chi connectivity index (χ1v) is 9.98. The normalized spacial score (nSPS) is 12.0. The maximum absolute atomic E-state index is 12.7. The van der Waals surface area contributed by atoms with Crippen molar-refractivity contribution in [2.24, 2.45) is 0 Å². The van der Waals surface area contributed by atoms with Crippen molar-refractivity contribution in [1.29, 1.82) is 0 Å². The van der Waals surface area contributed by atoms with Crippen LogP contribution in [0.5, 0.6) is 0 Å². The van der Waals surface area contributed by atoms with Gasteiger partial charge in [-0.1, -0.05) is 57.9 Å². The van der Waals surface area contributed by atoms with Crippen LogP contribution in [0.1, 0.15) is 35.0 Å². The predicted octanol–water partition coefficient (Wildman–Crippen LogP) is 5.35. The minimum Gasteiger partial charge on any atom is -0.349 e. The molecule has 2 aromatic carbocycles. The van der Waals surface area contributed by atoms with E-state index in [1.807, 2.05) is 49.4 Å². The summed E-state index contributed by atoms with van der Waals surface area (Å²) in [5.74, 6) is -0.192. The Morgan fingerprint density at radius 2 is 1.85 bits per heavy atom.